The zero-order valence-corrected chi connectivity index (χ0v) is 10.8. The zero-order chi connectivity index (χ0) is 12.1. The predicted molar refractivity (Wildman–Crippen MR) is 70.7 cm³/mol. The van der Waals surface area contributed by atoms with E-state index in [-0.39, 0.29) is 20.6 Å². The number of phenolic OH excluding ortho intramolecular Hbond substituents is 2. The van der Waals surface area contributed by atoms with Gasteiger partial charge in [0.1, 0.15) is 0 Å². The van der Waals surface area contributed by atoms with Gasteiger partial charge in [0.05, 0.1) is 0 Å². The molecule has 0 aliphatic rings. The quantitative estimate of drug-likeness (QED) is 0.370. The van der Waals surface area contributed by atoms with Gasteiger partial charge in [-0.2, -0.15) is 0 Å². The van der Waals surface area contributed by atoms with Gasteiger partial charge < -0.3 is 20.4 Å². The van der Waals surface area contributed by atoms with Crippen molar-refractivity contribution in [3.05, 3.63) is 12.1 Å². The van der Waals surface area contributed by atoms with Crippen LogP contribution in [0.5, 0.6) is 11.5 Å². The molecule has 0 fully saturated rings. The van der Waals surface area contributed by atoms with E-state index >= 15 is 0 Å². The normalized spacial score (nSPS) is 10.4. The first-order chi connectivity index (χ1) is 7.54. The first-order valence-corrected chi connectivity index (χ1v) is 6.51. The van der Waals surface area contributed by atoms with Crippen molar-refractivity contribution in [3.63, 3.8) is 0 Å². The van der Waals surface area contributed by atoms with E-state index in [1.807, 2.05) is 14.1 Å². The Labute approximate surface area is 98.0 Å². The van der Waals surface area contributed by atoms with Gasteiger partial charge in [-0.05, 0) is 25.3 Å². The third kappa shape index (κ3) is 3.36. The maximum atomic E-state index is 9.42. The number of benzene rings is 1. The van der Waals surface area contributed by atoms with E-state index in [1.165, 1.54) is 0 Å². The molecule has 0 spiro atoms. The third-order valence-electron chi connectivity index (χ3n) is 2.24. The fraction of sp³-hybridized carbons (Fsp3) is 0.364. The predicted octanol–water partition coefficient (Wildman–Crippen LogP) is -0.435. The maximum Gasteiger partial charge on any atom is 0.159 e. The van der Waals surface area contributed by atoms with Crippen LogP contribution in [-0.4, -0.2) is 57.6 Å². The summed E-state index contributed by atoms with van der Waals surface area (Å²) in [4.78, 5) is 2.07. The van der Waals surface area contributed by atoms with Gasteiger partial charge in [0.15, 0.2) is 11.5 Å². The highest BCUT2D eigenvalue weighted by atomic mass is 28.2. The third-order valence-corrected chi connectivity index (χ3v) is 3.16. The first-order valence-electron chi connectivity index (χ1n) is 5.11. The summed E-state index contributed by atoms with van der Waals surface area (Å²) in [6, 6.07) is 3.13. The van der Waals surface area contributed by atoms with Crippen LogP contribution in [0.15, 0.2) is 12.1 Å². The molecule has 16 heavy (non-hydrogen) atoms. The Morgan fingerprint density at radius 2 is 1.94 bits per heavy atom. The van der Waals surface area contributed by atoms with E-state index in [2.05, 4.69) is 16.4 Å². The van der Waals surface area contributed by atoms with Crippen LogP contribution < -0.4 is 10.5 Å². The molecule has 1 rings (SSSR count). The van der Waals surface area contributed by atoms with Gasteiger partial charge in [0.25, 0.3) is 0 Å². The SMILES string of the molecule is C=[SiH]c1cc(O)c(O)cc1NCCN(C)C. The Hall–Kier alpha value is -1.33. The highest BCUT2D eigenvalue weighted by molar-refractivity contribution is 6.58. The van der Waals surface area contributed by atoms with Gasteiger partial charge in [-0.25, -0.2) is 0 Å². The largest absolute Gasteiger partial charge is 0.504 e. The van der Waals surface area contributed by atoms with Crippen LogP contribution in [0.2, 0.25) is 0 Å². The summed E-state index contributed by atoms with van der Waals surface area (Å²) in [7, 11) is 3.86. The fourth-order valence-electron chi connectivity index (χ4n) is 1.33. The van der Waals surface area contributed by atoms with E-state index in [0.29, 0.717) is 0 Å². The molecule has 0 radical (unpaired) electrons. The van der Waals surface area contributed by atoms with Crippen LogP contribution in [0.1, 0.15) is 0 Å². The van der Waals surface area contributed by atoms with Gasteiger partial charge >= 0.3 is 0 Å². The molecule has 0 amide bonds. The number of hydrogen-bond donors (Lipinski definition) is 3. The Balaban J connectivity index is 2.78. The van der Waals surface area contributed by atoms with Crippen molar-refractivity contribution >= 4 is 26.2 Å². The van der Waals surface area contributed by atoms with Crippen LogP contribution >= 0.6 is 0 Å². The number of nitrogens with zero attached hydrogens (tertiary/aromatic N) is 1. The highest BCUT2D eigenvalue weighted by Gasteiger charge is 2.05. The second-order valence-corrected chi connectivity index (χ2v) is 4.89. The Morgan fingerprint density at radius 1 is 1.31 bits per heavy atom. The van der Waals surface area contributed by atoms with Crippen molar-refractivity contribution < 1.29 is 10.2 Å². The molecular formula is C11H18N2O2Si. The highest BCUT2D eigenvalue weighted by Crippen LogP contribution is 2.25. The molecule has 0 heterocycles. The second-order valence-electron chi connectivity index (χ2n) is 3.86. The summed E-state index contributed by atoms with van der Waals surface area (Å²) < 4.78 is 0. The molecule has 3 N–H and O–H groups in total. The number of likely N-dealkylation sites (N-methyl/N-ethyl adjacent to an activating group) is 1. The van der Waals surface area contributed by atoms with Crippen molar-refractivity contribution in [2.24, 2.45) is 0 Å². The molecule has 1 aromatic rings. The number of aromatic hydroxyl groups is 2. The van der Waals surface area contributed by atoms with Crippen LogP contribution in [0.3, 0.4) is 0 Å². The van der Waals surface area contributed by atoms with E-state index < -0.39 is 0 Å². The Bertz CT molecular complexity index is 380. The van der Waals surface area contributed by atoms with Crippen molar-refractivity contribution in [2.45, 2.75) is 0 Å². The molecule has 0 aromatic heterocycles. The molecule has 0 aliphatic heterocycles. The average Bonchev–Trinajstić information content (AvgIpc) is 2.22. The lowest BCUT2D eigenvalue weighted by molar-refractivity contribution is 0.404. The minimum atomic E-state index is -0.145. The Kier molecular flexibility index (Phi) is 4.51. The molecular weight excluding hydrogens is 220 g/mol. The summed E-state index contributed by atoms with van der Waals surface area (Å²) in [6.07, 6.45) is 3.87. The van der Waals surface area contributed by atoms with E-state index in [1.54, 1.807) is 12.1 Å². The zero-order valence-electron chi connectivity index (χ0n) is 9.70. The van der Waals surface area contributed by atoms with E-state index in [0.717, 1.165) is 24.0 Å². The number of rotatable bonds is 5. The lowest BCUT2D eigenvalue weighted by Gasteiger charge is -2.14. The molecule has 88 valence electrons. The van der Waals surface area contributed by atoms with Crippen LogP contribution in [0, 0.1) is 0 Å². The lowest BCUT2D eigenvalue weighted by atomic mass is 10.2. The van der Waals surface area contributed by atoms with Gasteiger partial charge in [-0.3, -0.25) is 0 Å². The molecule has 1 aromatic carbocycles. The summed E-state index contributed by atoms with van der Waals surface area (Å²) in [5.74, 6) is -0.173. The molecule has 5 heteroatoms. The van der Waals surface area contributed by atoms with Crippen LogP contribution in [0.25, 0.3) is 0 Å². The molecule has 0 saturated carbocycles. The van der Waals surface area contributed by atoms with E-state index in [4.69, 9.17) is 0 Å². The van der Waals surface area contributed by atoms with Crippen LogP contribution in [-0.2, 0) is 0 Å². The summed E-state index contributed by atoms with van der Waals surface area (Å²) in [5, 5.41) is 23.0. The summed E-state index contributed by atoms with van der Waals surface area (Å²) in [5.41, 5.74) is 0.863. The summed E-state index contributed by atoms with van der Waals surface area (Å²) >= 11 is 0. The number of anilines is 1. The molecule has 4 nitrogen and oxygen atoms in total. The van der Waals surface area contributed by atoms with E-state index in [9.17, 15) is 10.2 Å². The fourth-order valence-corrected chi connectivity index (χ4v) is 2.01. The maximum absolute atomic E-state index is 9.42. The standard InChI is InChI=1S/C11H18N2O2Si/c1-13(2)5-4-12-8-6-9(14)10(15)7-11(8)16-3/h6-7,12,14-16H,3-5H2,1-2H3. The number of phenols is 2. The number of hydrogen-bond acceptors (Lipinski definition) is 4. The van der Waals surface area contributed by atoms with Crippen LogP contribution in [0.4, 0.5) is 5.69 Å². The molecule has 0 saturated heterocycles. The van der Waals surface area contributed by atoms with Gasteiger partial charge in [0, 0.05) is 34.0 Å². The van der Waals surface area contributed by atoms with Crippen molar-refractivity contribution in [1.29, 1.82) is 0 Å². The van der Waals surface area contributed by atoms with Gasteiger partial charge in [-0.1, -0.05) is 0 Å². The van der Waals surface area contributed by atoms with Crippen molar-refractivity contribution in [1.82, 2.24) is 4.90 Å². The van der Waals surface area contributed by atoms with Crippen molar-refractivity contribution in [3.8, 4) is 11.5 Å². The molecule has 0 bridgehead atoms. The average molecular weight is 238 g/mol. The monoisotopic (exact) mass is 238 g/mol. The Morgan fingerprint density at radius 3 is 2.50 bits per heavy atom. The molecule has 0 atom stereocenters. The topological polar surface area (TPSA) is 55.7 Å². The van der Waals surface area contributed by atoms with Gasteiger partial charge in [0.2, 0.25) is 0 Å². The first kappa shape index (κ1) is 12.7. The molecule has 0 unspecified atom stereocenters. The number of nitrogens with one attached hydrogen (secondary N) is 1. The van der Waals surface area contributed by atoms with Crippen molar-refractivity contribution in [2.75, 3.05) is 32.5 Å². The lowest BCUT2D eigenvalue weighted by Crippen LogP contribution is -2.23. The minimum Gasteiger partial charge on any atom is -0.504 e. The molecule has 0 aliphatic carbocycles. The summed E-state index contributed by atoms with van der Waals surface area (Å²) in [6.45, 7) is 1.71. The smallest absolute Gasteiger partial charge is 0.159 e. The minimum absolute atomic E-state index is 0.0793. The van der Waals surface area contributed by atoms with Gasteiger partial charge in [-0.15, -0.1) is 6.17 Å². The second kappa shape index (κ2) is 5.67.